The van der Waals surface area contributed by atoms with E-state index < -0.39 is 0 Å². The van der Waals surface area contributed by atoms with Crippen LogP contribution in [0.1, 0.15) is 27.8 Å². The van der Waals surface area contributed by atoms with E-state index in [4.69, 9.17) is 0 Å². The molecule has 0 spiro atoms. The summed E-state index contributed by atoms with van der Waals surface area (Å²) in [7, 11) is 1.55. The highest BCUT2D eigenvalue weighted by Crippen LogP contribution is 2.23. The van der Waals surface area contributed by atoms with Crippen LogP contribution in [0.5, 0.6) is 0 Å². The van der Waals surface area contributed by atoms with Crippen molar-refractivity contribution in [1.82, 2.24) is 15.1 Å². The molecule has 0 aromatic carbocycles. The zero-order valence-corrected chi connectivity index (χ0v) is 11.5. The first kappa shape index (κ1) is 13.3. The van der Waals surface area contributed by atoms with E-state index in [-0.39, 0.29) is 11.8 Å². The smallest absolute Gasteiger partial charge is 0.276 e. The maximum Gasteiger partial charge on any atom is 0.276 e. The van der Waals surface area contributed by atoms with E-state index in [1.54, 1.807) is 35.4 Å². The Morgan fingerprint density at radius 1 is 1.37 bits per heavy atom. The van der Waals surface area contributed by atoms with Crippen molar-refractivity contribution in [2.75, 3.05) is 12.4 Å². The molecule has 0 unspecified atom stereocenters. The zero-order valence-electron chi connectivity index (χ0n) is 10.6. The molecule has 100 valence electrons. The van der Waals surface area contributed by atoms with Gasteiger partial charge in [-0.2, -0.15) is 5.10 Å². The number of aromatic nitrogens is 2. The van der Waals surface area contributed by atoms with Gasteiger partial charge in [-0.3, -0.25) is 14.3 Å². The van der Waals surface area contributed by atoms with Gasteiger partial charge < -0.3 is 10.6 Å². The third-order valence-corrected chi connectivity index (χ3v) is 3.39. The number of carbonyl (C=O) groups is 2. The van der Waals surface area contributed by atoms with Gasteiger partial charge in [-0.05, 0) is 24.4 Å². The molecule has 6 nitrogen and oxygen atoms in total. The summed E-state index contributed by atoms with van der Waals surface area (Å²) in [6.07, 6.45) is 1.74. The number of aryl methyl sites for hydroxylation is 1. The van der Waals surface area contributed by atoms with Crippen LogP contribution in [0.2, 0.25) is 0 Å². The van der Waals surface area contributed by atoms with Crippen LogP contribution in [0.4, 0.5) is 5.00 Å². The summed E-state index contributed by atoms with van der Waals surface area (Å²) in [5, 5.41) is 11.6. The summed E-state index contributed by atoms with van der Waals surface area (Å²) in [4.78, 5) is 23.6. The molecule has 2 rings (SSSR count). The molecule has 0 saturated heterocycles. The fourth-order valence-corrected chi connectivity index (χ4v) is 2.33. The number of hydrogen-bond donors (Lipinski definition) is 2. The molecule has 2 heterocycles. The van der Waals surface area contributed by atoms with Crippen molar-refractivity contribution < 1.29 is 9.59 Å². The number of anilines is 1. The molecule has 0 radical (unpaired) electrons. The van der Waals surface area contributed by atoms with E-state index in [9.17, 15) is 9.59 Å². The Kier molecular flexibility index (Phi) is 3.96. The van der Waals surface area contributed by atoms with Crippen LogP contribution in [0.15, 0.2) is 23.7 Å². The van der Waals surface area contributed by atoms with Crippen molar-refractivity contribution in [2.45, 2.75) is 13.5 Å². The van der Waals surface area contributed by atoms with Crippen molar-refractivity contribution in [3.05, 3.63) is 35.0 Å². The Labute approximate surface area is 114 Å². The minimum absolute atomic E-state index is 0.226. The molecule has 0 aliphatic heterocycles. The number of nitrogens with one attached hydrogen (secondary N) is 2. The molecule has 2 aromatic heterocycles. The lowest BCUT2D eigenvalue weighted by Gasteiger charge is -2.03. The largest absolute Gasteiger partial charge is 0.355 e. The molecular formula is C12H14N4O2S. The lowest BCUT2D eigenvalue weighted by Crippen LogP contribution is -2.20. The number of nitrogens with zero attached hydrogens (tertiary/aromatic N) is 2. The van der Waals surface area contributed by atoms with Gasteiger partial charge in [-0.25, -0.2) is 0 Å². The van der Waals surface area contributed by atoms with Crippen molar-refractivity contribution in [2.24, 2.45) is 0 Å². The molecule has 2 amide bonds. The predicted octanol–water partition coefficient (Wildman–Crippen LogP) is 1.58. The van der Waals surface area contributed by atoms with E-state index in [1.807, 2.05) is 6.92 Å². The predicted molar refractivity (Wildman–Crippen MR) is 73.6 cm³/mol. The lowest BCUT2D eigenvalue weighted by molar-refractivity contribution is 0.0964. The standard InChI is InChI=1S/C12H14N4O2S/c1-3-16-6-4-9(15-16)11(18)14-12-8(5-7-19-12)10(17)13-2/h4-7H,3H2,1-2H3,(H,13,17)(H,14,18). The fraction of sp³-hybridized carbons (Fsp3) is 0.250. The van der Waals surface area contributed by atoms with Gasteiger partial charge in [0.25, 0.3) is 11.8 Å². The van der Waals surface area contributed by atoms with Crippen LogP contribution in [0, 0.1) is 0 Å². The average molecular weight is 278 g/mol. The van der Waals surface area contributed by atoms with E-state index in [0.29, 0.717) is 22.8 Å². The van der Waals surface area contributed by atoms with E-state index >= 15 is 0 Å². The third-order valence-electron chi connectivity index (χ3n) is 2.56. The number of rotatable bonds is 4. The van der Waals surface area contributed by atoms with Gasteiger partial charge in [0, 0.05) is 19.8 Å². The maximum absolute atomic E-state index is 12.0. The van der Waals surface area contributed by atoms with Crippen molar-refractivity contribution in [3.63, 3.8) is 0 Å². The molecule has 0 aliphatic rings. The number of hydrogen-bond acceptors (Lipinski definition) is 4. The molecule has 0 atom stereocenters. The SMILES string of the molecule is CCn1ccc(C(=O)Nc2sccc2C(=O)NC)n1. The Morgan fingerprint density at radius 3 is 2.79 bits per heavy atom. The van der Waals surface area contributed by atoms with Crippen molar-refractivity contribution >= 4 is 28.2 Å². The Bertz CT molecular complexity index is 602. The molecule has 2 aromatic rings. The third kappa shape index (κ3) is 2.82. The summed E-state index contributed by atoms with van der Waals surface area (Å²) < 4.78 is 1.67. The van der Waals surface area contributed by atoms with Crippen LogP contribution in [0.3, 0.4) is 0 Å². The van der Waals surface area contributed by atoms with Gasteiger partial charge in [0.05, 0.1) is 5.56 Å². The van der Waals surface area contributed by atoms with E-state index in [0.717, 1.165) is 0 Å². The molecule has 0 fully saturated rings. The molecule has 0 aliphatic carbocycles. The fourth-order valence-electron chi connectivity index (χ4n) is 1.55. The van der Waals surface area contributed by atoms with Gasteiger partial charge in [-0.1, -0.05) is 0 Å². The first-order valence-corrected chi connectivity index (χ1v) is 6.68. The Morgan fingerprint density at radius 2 is 2.16 bits per heavy atom. The van der Waals surface area contributed by atoms with Gasteiger partial charge >= 0.3 is 0 Å². The van der Waals surface area contributed by atoms with Gasteiger partial charge in [0.2, 0.25) is 0 Å². The minimum Gasteiger partial charge on any atom is -0.355 e. The highest BCUT2D eigenvalue weighted by Gasteiger charge is 2.16. The molecule has 2 N–H and O–H groups in total. The van der Waals surface area contributed by atoms with Crippen molar-refractivity contribution in [1.29, 1.82) is 0 Å². The van der Waals surface area contributed by atoms with Gasteiger partial charge in [0.1, 0.15) is 5.00 Å². The number of amides is 2. The maximum atomic E-state index is 12.0. The summed E-state index contributed by atoms with van der Waals surface area (Å²) in [5.74, 6) is -0.546. The van der Waals surface area contributed by atoms with Gasteiger partial charge in [-0.15, -0.1) is 11.3 Å². The second-order valence-electron chi connectivity index (χ2n) is 3.75. The number of thiophene rings is 1. The zero-order chi connectivity index (χ0) is 13.8. The quantitative estimate of drug-likeness (QED) is 0.891. The second-order valence-corrected chi connectivity index (χ2v) is 4.67. The monoisotopic (exact) mass is 278 g/mol. The minimum atomic E-state index is -0.320. The lowest BCUT2D eigenvalue weighted by atomic mass is 10.3. The van der Waals surface area contributed by atoms with E-state index in [2.05, 4.69) is 15.7 Å². The summed E-state index contributed by atoms with van der Waals surface area (Å²) in [6, 6.07) is 3.32. The average Bonchev–Trinajstić information content (AvgIpc) is 3.06. The van der Waals surface area contributed by atoms with E-state index in [1.165, 1.54) is 11.3 Å². The highest BCUT2D eigenvalue weighted by atomic mass is 32.1. The highest BCUT2D eigenvalue weighted by molar-refractivity contribution is 7.14. The van der Waals surface area contributed by atoms with Crippen LogP contribution in [0.25, 0.3) is 0 Å². The first-order valence-electron chi connectivity index (χ1n) is 5.80. The van der Waals surface area contributed by atoms with Crippen LogP contribution < -0.4 is 10.6 Å². The van der Waals surface area contributed by atoms with Gasteiger partial charge in [0.15, 0.2) is 5.69 Å². The molecular weight excluding hydrogens is 264 g/mol. The second kappa shape index (κ2) is 5.66. The molecule has 7 heteroatoms. The number of carbonyl (C=O) groups excluding carboxylic acids is 2. The molecule has 0 bridgehead atoms. The first-order chi connectivity index (χ1) is 9.15. The Balaban J connectivity index is 2.15. The van der Waals surface area contributed by atoms with Crippen LogP contribution >= 0.6 is 11.3 Å². The normalized spacial score (nSPS) is 10.2. The van der Waals surface area contributed by atoms with Crippen LogP contribution in [-0.2, 0) is 6.54 Å². The van der Waals surface area contributed by atoms with Crippen molar-refractivity contribution in [3.8, 4) is 0 Å². The topological polar surface area (TPSA) is 76.0 Å². The molecule has 0 saturated carbocycles. The molecule has 19 heavy (non-hydrogen) atoms. The summed E-state index contributed by atoms with van der Waals surface area (Å²) in [5.41, 5.74) is 0.786. The van der Waals surface area contributed by atoms with Crippen LogP contribution in [-0.4, -0.2) is 28.6 Å². The Hall–Kier alpha value is -2.15. The summed E-state index contributed by atoms with van der Waals surface area (Å²) in [6.45, 7) is 2.65. The summed E-state index contributed by atoms with van der Waals surface area (Å²) >= 11 is 1.30.